The second kappa shape index (κ2) is 10.8. The maximum atomic E-state index is 13.0. The number of carboxylic acids is 1. The molecule has 1 N–H and O–H groups in total. The van der Waals surface area contributed by atoms with Gasteiger partial charge < -0.3 is 9.84 Å². The summed E-state index contributed by atoms with van der Waals surface area (Å²) in [7, 11) is 0. The Hall–Kier alpha value is -2.96. The van der Waals surface area contributed by atoms with Crippen molar-refractivity contribution in [3.8, 4) is 22.4 Å². The summed E-state index contributed by atoms with van der Waals surface area (Å²) in [6.45, 7) is 0.793. The Morgan fingerprint density at radius 3 is 2.39 bits per heavy atom. The molecule has 0 bridgehead atoms. The van der Waals surface area contributed by atoms with Crippen molar-refractivity contribution in [1.82, 2.24) is 9.78 Å². The summed E-state index contributed by atoms with van der Waals surface area (Å²) in [5.41, 5.74) is 3.20. The molecule has 2 aromatic carbocycles. The third kappa shape index (κ3) is 6.09. The van der Waals surface area contributed by atoms with Crippen LogP contribution in [0.5, 0.6) is 0 Å². The number of aliphatic carboxylic acids is 1. The fourth-order valence-corrected chi connectivity index (χ4v) is 4.63. The molecule has 1 aliphatic rings. The molecule has 0 radical (unpaired) electrons. The maximum absolute atomic E-state index is 13.0. The van der Waals surface area contributed by atoms with E-state index < -0.39 is 5.97 Å². The summed E-state index contributed by atoms with van der Waals surface area (Å²) >= 11 is 6.21. The van der Waals surface area contributed by atoms with E-state index in [1.807, 2.05) is 54.6 Å². The molecule has 6 nitrogen and oxygen atoms in total. The van der Waals surface area contributed by atoms with Gasteiger partial charge >= 0.3 is 5.97 Å². The van der Waals surface area contributed by atoms with Gasteiger partial charge in [-0.25, -0.2) is 9.48 Å². The number of hydrogen-bond acceptors (Lipinski definition) is 4. The lowest BCUT2D eigenvalue weighted by atomic mass is 9.82. The van der Waals surface area contributed by atoms with E-state index in [1.54, 1.807) is 10.7 Å². The molecule has 1 aliphatic carbocycles. The lowest BCUT2D eigenvalue weighted by molar-refractivity contribution is -0.142. The van der Waals surface area contributed by atoms with Crippen LogP contribution in [-0.4, -0.2) is 34.1 Å². The number of carboxylic acid groups (broad SMARTS) is 1. The fraction of sp³-hybridized carbons (Fsp3) is 0.346. The van der Waals surface area contributed by atoms with Gasteiger partial charge in [0.05, 0.1) is 12.3 Å². The monoisotopic (exact) mass is 466 g/mol. The van der Waals surface area contributed by atoms with Gasteiger partial charge in [-0.2, -0.15) is 5.10 Å². The molecule has 172 valence electrons. The van der Waals surface area contributed by atoms with Crippen LogP contribution in [0.2, 0.25) is 5.02 Å². The zero-order valence-electron chi connectivity index (χ0n) is 18.3. The second-order valence-corrected chi connectivity index (χ2v) is 9.04. The maximum Gasteiger partial charge on any atom is 0.329 e. The summed E-state index contributed by atoms with van der Waals surface area (Å²) in [5, 5.41) is 14.1. The van der Waals surface area contributed by atoms with E-state index in [2.05, 4.69) is 0 Å². The first kappa shape index (κ1) is 23.2. The number of benzene rings is 2. The zero-order chi connectivity index (χ0) is 23.2. The van der Waals surface area contributed by atoms with Crippen LogP contribution in [0.1, 0.15) is 25.7 Å². The molecule has 7 heteroatoms. The molecule has 0 amide bonds. The predicted molar refractivity (Wildman–Crippen MR) is 128 cm³/mol. The highest BCUT2D eigenvalue weighted by atomic mass is 35.5. The van der Waals surface area contributed by atoms with Gasteiger partial charge in [0.1, 0.15) is 6.61 Å². The van der Waals surface area contributed by atoms with Crippen LogP contribution in [0.15, 0.2) is 65.5 Å². The van der Waals surface area contributed by atoms with E-state index in [1.165, 1.54) is 0 Å². The van der Waals surface area contributed by atoms with Crippen molar-refractivity contribution in [1.29, 1.82) is 0 Å². The summed E-state index contributed by atoms with van der Waals surface area (Å²) in [4.78, 5) is 23.6. The molecule has 1 aromatic heterocycles. The van der Waals surface area contributed by atoms with Crippen LogP contribution in [0.4, 0.5) is 0 Å². The molecule has 3 aromatic rings. The van der Waals surface area contributed by atoms with Gasteiger partial charge in [-0.05, 0) is 55.2 Å². The van der Waals surface area contributed by atoms with Crippen LogP contribution in [0.25, 0.3) is 22.4 Å². The largest absolute Gasteiger partial charge is 0.480 e. The predicted octanol–water partition coefficient (Wildman–Crippen LogP) is 5.14. The molecule has 1 saturated carbocycles. The Balaban J connectivity index is 1.54. The average molecular weight is 467 g/mol. The summed E-state index contributed by atoms with van der Waals surface area (Å²) in [5.74, 6) is -0.216. The SMILES string of the molecule is O=C(O)COC[C@H]1CC[C@@H](Cn2nc(-c3ccccc3)c(-c3cccc(Cl)c3)cc2=O)CC1. The molecule has 1 fully saturated rings. The van der Waals surface area contributed by atoms with Crippen molar-refractivity contribution in [2.45, 2.75) is 32.2 Å². The molecule has 0 atom stereocenters. The average Bonchev–Trinajstić information content (AvgIpc) is 2.81. The normalized spacial score (nSPS) is 18.2. The van der Waals surface area contributed by atoms with E-state index in [0.29, 0.717) is 30.0 Å². The fourth-order valence-electron chi connectivity index (χ4n) is 4.44. The Labute approximate surface area is 197 Å². The van der Waals surface area contributed by atoms with Crippen LogP contribution in [0, 0.1) is 11.8 Å². The van der Waals surface area contributed by atoms with Gasteiger partial charge in [-0.1, -0.05) is 54.1 Å². The van der Waals surface area contributed by atoms with Crippen LogP contribution in [0.3, 0.4) is 0 Å². The van der Waals surface area contributed by atoms with Crippen molar-refractivity contribution >= 4 is 17.6 Å². The first-order valence-corrected chi connectivity index (χ1v) is 11.6. The van der Waals surface area contributed by atoms with Crippen molar-refractivity contribution in [2.75, 3.05) is 13.2 Å². The molecule has 33 heavy (non-hydrogen) atoms. The Morgan fingerprint density at radius 1 is 1.00 bits per heavy atom. The number of halogens is 1. The van der Waals surface area contributed by atoms with Crippen LogP contribution < -0.4 is 5.56 Å². The van der Waals surface area contributed by atoms with E-state index in [-0.39, 0.29) is 12.2 Å². The Morgan fingerprint density at radius 2 is 1.70 bits per heavy atom. The molecule has 0 unspecified atom stereocenters. The number of nitrogens with zero attached hydrogens (tertiary/aromatic N) is 2. The smallest absolute Gasteiger partial charge is 0.329 e. The Bertz CT molecular complexity index is 1150. The summed E-state index contributed by atoms with van der Waals surface area (Å²) in [6.07, 6.45) is 3.86. The van der Waals surface area contributed by atoms with Gasteiger partial charge in [0, 0.05) is 28.8 Å². The van der Waals surface area contributed by atoms with Gasteiger partial charge in [0.15, 0.2) is 0 Å². The summed E-state index contributed by atoms with van der Waals surface area (Å²) < 4.78 is 6.84. The van der Waals surface area contributed by atoms with E-state index in [9.17, 15) is 9.59 Å². The summed E-state index contributed by atoms with van der Waals surface area (Å²) in [6, 6.07) is 19.0. The molecule has 1 heterocycles. The van der Waals surface area contributed by atoms with Crippen LogP contribution in [-0.2, 0) is 16.1 Å². The molecular formula is C26H27ClN2O4. The molecule has 0 aliphatic heterocycles. The quantitative estimate of drug-likeness (QED) is 0.497. The van der Waals surface area contributed by atoms with Crippen molar-refractivity contribution < 1.29 is 14.6 Å². The highest BCUT2D eigenvalue weighted by molar-refractivity contribution is 6.30. The number of ether oxygens (including phenoxy) is 1. The molecule has 0 spiro atoms. The highest BCUT2D eigenvalue weighted by Gasteiger charge is 2.23. The van der Waals surface area contributed by atoms with Crippen LogP contribution >= 0.6 is 11.6 Å². The molecular weight excluding hydrogens is 440 g/mol. The third-order valence-electron chi connectivity index (χ3n) is 6.16. The number of rotatable bonds is 8. The van der Waals surface area contributed by atoms with E-state index in [0.717, 1.165) is 48.1 Å². The minimum atomic E-state index is -0.940. The van der Waals surface area contributed by atoms with E-state index >= 15 is 0 Å². The highest BCUT2D eigenvalue weighted by Crippen LogP contribution is 2.32. The topological polar surface area (TPSA) is 81.4 Å². The lowest BCUT2D eigenvalue weighted by Gasteiger charge is -2.28. The van der Waals surface area contributed by atoms with Crippen molar-refractivity contribution in [3.63, 3.8) is 0 Å². The van der Waals surface area contributed by atoms with Gasteiger partial charge in [0.2, 0.25) is 0 Å². The minimum absolute atomic E-state index is 0.128. The Kier molecular flexibility index (Phi) is 7.57. The number of aromatic nitrogens is 2. The first-order chi connectivity index (χ1) is 16.0. The van der Waals surface area contributed by atoms with Gasteiger partial charge in [-0.15, -0.1) is 0 Å². The standard InChI is InChI=1S/C26H27ClN2O4/c27-22-8-4-7-21(13-22)23-14-24(30)29(28-26(23)20-5-2-1-3-6-20)15-18-9-11-19(12-10-18)16-33-17-25(31)32/h1-8,13-14,18-19H,9-12,15-17H2,(H,31,32)/t18-,19+. The third-order valence-corrected chi connectivity index (χ3v) is 6.39. The molecule has 0 saturated heterocycles. The van der Waals surface area contributed by atoms with Crippen molar-refractivity contribution in [3.05, 3.63) is 76.0 Å². The van der Waals surface area contributed by atoms with Gasteiger partial charge in [0.25, 0.3) is 5.56 Å². The molecule has 4 rings (SSSR count). The number of hydrogen-bond donors (Lipinski definition) is 1. The van der Waals surface area contributed by atoms with Gasteiger partial charge in [-0.3, -0.25) is 4.79 Å². The zero-order valence-corrected chi connectivity index (χ0v) is 19.1. The number of carbonyl (C=O) groups is 1. The lowest BCUT2D eigenvalue weighted by Crippen LogP contribution is -2.29. The first-order valence-electron chi connectivity index (χ1n) is 11.2. The minimum Gasteiger partial charge on any atom is -0.480 e. The second-order valence-electron chi connectivity index (χ2n) is 8.60. The van der Waals surface area contributed by atoms with E-state index in [4.69, 9.17) is 26.5 Å². The van der Waals surface area contributed by atoms with Crippen molar-refractivity contribution in [2.24, 2.45) is 11.8 Å².